The molecule has 4 unspecified atom stereocenters. The van der Waals surface area contributed by atoms with Gasteiger partial charge < -0.3 is 15.2 Å². The standard InChI is InChI=1S/C12H25NO2/c1-5-12(4)10(13-8-9(3)14)7-11(12)15-6-2/h9-11,13-14H,5-8H2,1-4H3. The molecular formula is C12H25NO2. The van der Waals surface area contributed by atoms with Gasteiger partial charge in [-0.05, 0) is 26.7 Å². The zero-order valence-electron chi connectivity index (χ0n) is 10.4. The monoisotopic (exact) mass is 215 g/mol. The average Bonchev–Trinajstić information content (AvgIpc) is 2.20. The molecule has 1 rings (SSSR count). The maximum Gasteiger partial charge on any atom is 0.0658 e. The van der Waals surface area contributed by atoms with Gasteiger partial charge in [-0.2, -0.15) is 0 Å². The van der Waals surface area contributed by atoms with E-state index in [0.717, 1.165) is 19.4 Å². The van der Waals surface area contributed by atoms with Crippen molar-refractivity contribution in [2.45, 2.75) is 58.8 Å². The molecular weight excluding hydrogens is 190 g/mol. The minimum absolute atomic E-state index is 0.241. The first-order chi connectivity index (χ1) is 7.04. The molecule has 0 bridgehead atoms. The fraction of sp³-hybridized carbons (Fsp3) is 1.00. The Morgan fingerprint density at radius 1 is 1.53 bits per heavy atom. The third kappa shape index (κ3) is 2.71. The highest BCUT2D eigenvalue weighted by Gasteiger charge is 2.50. The van der Waals surface area contributed by atoms with E-state index in [1.54, 1.807) is 0 Å². The quantitative estimate of drug-likeness (QED) is 0.706. The highest BCUT2D eigenvalue weighted by atomic mass is 16.5. The number of aliphatic hydroxyl groups is 1. The third-order valence-corrected chi connectivity index (χ3v) is 3.77. The van der Waals surface area contributed by atoms with Gasteiger partial charge >= 0.3 is 0 Å². The van der Waals surface area contributed by atoms with Crippen molar-refractivity contribution in [3.05, 3.63) is 0 Å². The van der Waals surface area contributed by atoms with Gasteiger partial charge in [0.25, 0.3) is 0 Å². The molecule has 3 nitrogen and oxygen atoms in total. The van der Waals surface area contributed by atoms with Gasteiger partial charge in [0.15, 0.2) is 0 Å². The van der Waals surface area contributed by atoms with Crippen LogP contribution < -0.4 is 5.32 Å². The second-order valence-corrected chi connectivity index (χ2v) is 4.85. The summed E-state index contributed by atoms with van der Waals surface area (Å²) < 4.78 is 5.72. The van der Waals surface area contributed by atoms with Crippen LogP contribution in [0.25, 0.3) is 0 Å². The maximum absolute atomic E-state index is 9.24. The molecule has 1 fully saturated rings. The van der Waals surface area contributed by atoms with Crippen LogP contribution in [0.1, 0.15) is 40.5 Å². The lowest BCUT2D eigenvalue weighted by molar-refractivity contribution is -0.126. The van der Waals surface area contributed by atoms with Crippen LogP contribution >= 0.6 is 0 Å². The molecule has 1 aliphatic rings. The van der Waals surface area contributed by atoms with E-state index < -0.39 is 0 Å². The lowest BCUT2D eigenvalue weighted by Crippen LogP contribution is -2.62. The van der Waals surface area contributed by atoms with Crippen LogP contribution in [-0.2, 0) is 4.74 Å². The summed E-state index contributed by atoms with van der Waals surface area (Å²) in [7, 11) is 0. The van der Waals surface area contributed by atoms with Crippen LogP contribution in [0, 0.1) is 5.41 Å². The van der Waals surface area contributed by atoms with Gasteiger partial charge in [0.1, 0.15) is 0 Å². The number of hydrogen-bond donors (Lipinski definition) is 2. The second kappa shape index (κ2) is 5.28. The van der Waals surface area contributed by atoms with Gasteiger partial charge in [-0.25, -0.2) is 0 Å². The Balaban J connectivity index is 2.42. The summed E-state index contributed by atoms with van der Waals surface area (Å²) in [6, 6.07) is 0.494. The number of ether oxygens (including phenoxy) is 1. The van der Waals surface area contributed by atoms with Crippen molar-refractivity contribution >= 4 is 0 Å². The third-order valence-electron chi connectivity index (χ3n) is 3.77. The van der Waals surface area contributed by atoms with Crippen LogP contribution in [0.2, 0.25) is 0 Å². The van der Waals surface area contributed by atoms with E-state index in [-0.39, 0.29) is 11.5 Å². The number of hydrogen-bond acceptors (Lipinski definition) is 3. The molecule has 0 aromatic heterocycles. The highest BCUT2D eigenvalue weighted by Crippen LogP contribution is 2.45. The second-order valence-electron chi connectivity index (χ2n) is 4.85. The number of aliphatic hydroxyl groups excluding tert-OH is 1. The smallest absolute Gasteiger partial charge is 0.0658 e. The first-order valence-corrected chi connectivity index (χ1v) is 6.07. The van der Waals surface area contributed by atoms with E-state index in [9.17, 15) is 5.11 Å². The number of nitrogens with one attached hydrogen (secondary N) is 1. The zero-order chi connectivity index (χ0) is 11.5. The Morgan fingerprint density at radius 3 is 2.67 bits per heavy atom. The van der Waals surface area contributed by atoms with Gasteiger partial charge in [-0.1, -0.05) is 13.8 Å². The maximum atomic E-state index is 9.24. The Hall–Kier alpha value is -0.120. The lowest BCUT2D eigenvalue weighted by Gasteiger charge is -2.54. The molecule has 0 radical (unpaired) electrons. The van der Waals surface area contributed by atoms with E-state index in [2.05, 4.69) is 19.2 Å². The Kier molecular flexibility index (Phi) is 4.56. The predicted octanol–water partition coefficient (Wildman–Crippen LogP) is 1.55. The topological polar surface area (TPSA) is 41.5 Å². The molecule has 0 heterocycles. The largest absolute Gasteiger partial charge is 0.392 e. The van der Waals surface area contributed by atoms with E-state index in [1.807, 2.05) is 13.8 Å². The van der Waals surface area contributed by atoms with Crippen molar-refractivity contribution in [2.24, 2.45) is 5.41 Å². The van der Waals surface area contributed by atoms with E-state index in [1.165, 1.54) is 0 Å². The van der Waals surface area contributed by atoms with Gasteiger partial charge in [0.05, 0.1) is 12.2 Å². The summed E-state index contributed by atoms with van der Waals surface area (Å²) in [4.78, 5) is 0. The fourth-order valence-electron chi connectivity index (χ4n) is 2.38. The Morgan fingerprint density at radius 2 is 2.20 bits per heavy atom. The first kappa shape index (κ1) is 12.9. The first-order valence-electron chi connectivity index (χ1n) is 6.07. The van der Waals surface area contributed by atoms with Crippen molar-refractivity contribution in [2.75, 3.05) is 13.2 Å². The summed E-state index contributed by atoms with van der Waals surface area (Å²) in [5, 5.41) is 12.7. The highest BCUT2D eigenvalue weighted by molar-refractivity contribution is 5.04. The van der Waals surface area contributed by atoms with Crippen LogP contribution in [0.3, 0.4) is 0 Å². The van der Waals surface area contributed by atoms with Crippen LogP contribution in [-0.4, -0.2) is 36.5 Å². The minimum atomic E-state index is -0.266. The molecule has 0 saturated heterocycles. The SMILES string of the molecule is CCOC1CC(NCC(C)O)C1(C)CC. The summed E-state index contributed by atoms with van der Waals surface area (Å²) in [6.07, 6.45) is 2.32. The summed E-state index contributed by atoms with van der Waals surface area (Å²) in [5.74, 6) is 0. The van der Waals surface area contributed by atoms with Crippen molar-refractivity contribution < 1.29 is 9.84 Å². The average molecular weight is 215 g/mol. The van der Waals surface area contributed by atoms with Crippen molar-refractivity contribution in [1.82, 2.24) is 5.32 Å². The lowest BCUT2D eigenvalue weighted by atomic mass is 9.61. The van der Waals surface area contributed by atoms with Crippen LogP contribution in [0.15, 0.2) is 0 Å². The molecule has 2 N–H and O–H groups in total. The summed E-state index contributed by atoms with van der Waals surface area (Å²) in [6.45, 7) is 9.82. The van der Waals surface area contributed by atoms with Crippen molar-refractivity contribution in [1.29, 1.82) is 0 Å². The molecule has 3 heteroatoms. The van der Waals surface area contributed by atoms with Crippen molar-refractivity contribution in [3.8, 4) is 0 Å². The van der Waals surface area contributed by atoms with Gasteiger partial charge in [-0.15, -0.1) is 0 Å². The van der Waals surface area contributed by atoms with E-state index >= 15 is 0 Å². The predicted molar refractivity (Wildman–Crippen MR) is 61.9 cm³/mol. The Bertz CT molecular complexity index is 196. The molecule has 0 aromatic carbocycles. The molecule has 1 saturated carbocycles. The molecule has 0 amide bonds. The molecule has 90 valence electrons. The minimum Gasteiger partial charge on any atom is -0.392 e. The van der Waals surface area contributed by atoms with Gasteiger partial charge in [0.2, 0.25) is 0 Å². The summed E-state index contributed by atoms with van der Waals surface area (Å²) in [5.41, 5.74) is 0.241. The molecule has 0 spiro atoms. The Labute approximate surface area is 93.2 Å². The van der Waals surface area contributed by atoms with Crippen molar-refractivity contribution in [3.63, 3.8) is 0 Å². The zero-order valence-corrected chi connectivity index (χ0v) is 10.4. The summed E-state index contributed by atoms with van der Waals surface area (Å²) >= 11 is 0. The fourth-order valence-corrected chi connectivity index (χ4v) is 2.38. The molecule has 1 aliphatic carbocycles. The molecule has 0 aromatic rings. The van der Waals surface area contributed by atoms with Crippen LogP contribution in [0.5, 0.6) is 0 Å². The molecule has 15 heavy (non-hydrogen) atoms. The van der Waals surface area contributed by atoms with Gasteiger partial charge in [0, 0.05) is 24.6 Å². The molecule has 0 aliphatic heterocycles. The van der Waals surface area contributed by atoms with Gasteiger partial charge in [-0.3, -0.25) is 0 Å². The normalized spacial score (nSPS) is 37.4. The van der Waals surface area contributed by atoms with E-state index in [4.69, 9.17) is 4.74 Å². The number of rotatable bonds is 6. The van der Waals surface area contributed by atoms with Crippen LogP contribution in [0.4, 0.5) is 0 Å². The van der Waals surface area contributed by atoms with E-state index in [0.29, 0.717) is 18.7 Å². The molecule has 4 atom stereocenters.